The van der Waals surface area contributed by atoms with Crippen LogP contribution in [0.1, 0.15) is 51.0 Å². The van der Waals surface area contributed by atoms with Gasteiger partial charge >= 0.3 is 0 Å². The minimum atomic E-state index is 0.762. The SMILES string of the molecule is CCC1CCC(NC2CCN(Cc3ccccc3)CC2)C1. The maximum absolute atomic E-state index is 3.94. The van der Waals surface area contributed by atoms with Gasteiger partial charge in [-0.2, -0.15) is 0 Å². The van der Waals surface area contributed by atoms with E-state index in [1.54, 1.807) is 0 Å². The van der Waals surface area contributed by atoms with Gasteiger partial charge in [-0.15, -0.1) is 0 Å². The quantitative estimate of drug-likeness (QED) is 0.885. The maximum atomic E-state index is 3.94. The van der Waals surface area contributed by atoms with Gasteiger partial charge in [0.15, 0.2) is 0 Å². The lowest BCUT2D eigenvalue weighted by atomic mass is 10.0. The Morgan fingerprint density at radius 1 is 1.00 bits per heavy atom. The van der Waals surface area contributed by atoms with Crippen LogP contribution in [0.15, 0.2) is 30.3 Å². The lowest BCUT2D eigenvalue weighted by Crippen LogP contribution is -2.45. The van der Waals surface area contributed by atoms with Crippen LogP contribution in [0.2, 0.25) is 0 Å². The average molecular weight is 286 g/mol. The van der Waals surface area contributed by atoms with Crippen LogP contribution < -0.4 is 5.32 Å². The first-order valence-corrected chi connectivity index (χ1v) is 8.86. The molecule has 1 aromatic rings. The van der Waals surface area contributed by atoms with E-state index in [9.17, 15) is 0 Å². The molecule has 0 radical (unpaired) electrons. The molecular weight excluding hydrogens is 256 g/mol. The van der Waals surface area contributed by atoms with Crippen molar-refractivity contribution in [2.75, 3.05) is 13.1 Å². The summed E-state index contributed by atoms with van der Waals surface area (Å²) in [6.45, 7) is 5.96. The zero-order valence-electron chi connectivity index (χ0n) is 13.4. The Hall–Kier alpha value is -0.860. The molecule has 0 bridgehead atoms. The number of benzene rings is 1. The van der Waals surface area contributed by atoms with E-state index in [4.69, 9.17) is 0 Å². The highest BCUT2D eigenvalue weighted by Gasteiger charge is 2.27. The summed E-state index contributed by atoms with van der Waals surface area (Å²) in [5, 5.41) is 3.94. The first-order chi connectivity index (χ1) is 10.3. The summed E-state index contributed by atoms with van der Waals surface area (Å²) in [7, 11) is 0. The highest BCUT2D eigenvalue weighted by molar-refractivity contribution is 5.14. The Kier molecular flexibility index (Phi) is 5.32. The van der Waals surface area contributed by atoms with E-state index in [1.807, 2.05) is 0 Å². The van der Waals surface area contributed by atoms with Gasteiger partial charge in [-0.25, -0.2) is 0 Å². The zero-order valence-corrected chi connectivity index (χ0v) is 13.4. The van der Waals surface area contributed by atoms with Crippen LogP contribution in [0.3, 0.4) is 0 Å². The molecular formula is C19H30N2. The molecule has 2 heteroatoms. The number of nitrogens with one attached hydrogen (secondary N) is 1. The lowest BCUT2D eigenvalue weighted by Gasteiger charge is -2.34. The van der Waals surface area contributed by atoms with Gasteiger partial charge in [0.25, 0.3) is 0 Å². The van der Waals surface area contributed by atoms with Gasteiger partial charge in [-0.05, 0) is 56.7 Å². The third-order valence-corrected chi connectivity index (χ3v) is 5.43. The van der Waals surface area contributed by atoms with Crippen LogP contribution in [0, 0.1) is 5.92 Å². The summed E-state index contributed by atoms with van der Waals surface area (Å²) in [6.07, 6.45) is 8.28. The normalized spacial score (nSPS) is 28.0. The minimum Gasteiger partial charge on any atom is -0.311 e. The molecule has 2 unspecified atom stereocenters. The van der Waals surface area contributed by atoms with Crippen LogP contribution >= 0.6 is 0 Å². The van der Waals surface area contributed by atoms with Gasteiger partial charge in [0.2, 0.25) is 0 Å². The monoisotopic (exact) mass is 286 g/mol. The van der Waals surface area contributed by atoms with Crippen molar-refractivity contribution >= 4 is 0 Å². The van der Waals surface area contributed by atoms with E-state index in [2.05, 4.69) is 47.5 Å². The molecule has 1 N–H and O–H groups in total. The number of likely N-dealkylation sites (tertiary alicyclic amines) is 1. The van der Waals surface area contributed by atoms with Crippen molar-refractivity contribution in [1.82, 2.24) is 10.2 Å². The van der Waals surface area contributed by atoms with Crippen molar-refractivity contribution in [2.45, 2.75) is 64.1 Å². The Labute approximate surface area is 129 Å². The second-order valence-corrected chi connectivity index (χ2v) is 6.99. The van der Waals surface area contributed by atoms with Crippen molar-refractivity contribution in [1.29, 1.82) is 0 Å². The summed E-state index contributed by atoms with van der Waals surface area (Å²) < 4.78 is 0. The first-order valence-electron chi connectivity index (χ1n) is 8.86. The highest BCUT2D eigenvalue weighted by atomic mass is 15.1. The molecule has 0 aromatic heterocycles. The molecule has 116 valence electrons. The van der Waals surface area contributed by atoms with Gasteiger partial charge in [0, 0.05) is 18.6 Å². The van der Waals surface area contributed by atoms with Gasteiger partial charge in [0.05, 0.1) is 0 Å². The van der Waals surface area contributed by atoms with E-state index in [-0.39, 0.29) is 0 Å². The molecule has 2 aliphatic rings. The van der Waals surface area contributed by atoms with Crippen LogP contribution in [-0.4, -0.2) is 30.1 Å². The molecule has 3 rings (SSSR count). The van der Waals surface area contributed by atoms with Gasteiger partial charge < -0.3 is 5.32 Å². The molecule has 2 fully saturated rings. The van der Waals surface area contributed by atoms with Gasteiger partial charge in [0.1, 0.15) is 0 Å². The van der Waals surface area contributed by atoms with Gasteiger partial charge in [-0.3, -0.25) is 4.90 Å². The molecule has 2 atom stereocenters. The lowest BCUT2D eigenvalue weighted by molar-refractivity contribution is 0.183. The first kappa shape index (κ1) is 15.1. The third-order valence-electron chi connectivity index (χ3n) is 5.43. The van der Waals surface area contributed by atoms with Crippen molar-refractivity contribution < 1.29 is 0 Å². The number of piperidine rings is 1. The molecule has 21 heavy (non-hydrogen) atoms. The number of hydrogen-bond acceptors (Lipinski definition) is 2. The molecule has 0 amide bonds. The molecule has 1 heterocycles. The molecule has 1 aromatic carbocycles. The van der Waals surface area contributed by atoms with Crippen molar-refractivity contribution in [3.8, 4) is 0 Å². The Morgan fingerprint density at radius 3 is 2.43 bits per heavy atom. The minimum absolute atomic E-state index is 0.762. The van der Waals surface area contributed by atoms with E-state index in [1.165, 1.54) is 57.2 Å². The summed E-state index contributed by atoms with van der Waals surface area (Å²) >= 11 is 0. The van der Waals surface area contributed by atoms with Crippen LogP contribution in [-0.2, 0) is 6.54 Å². The average Bonchev–Trinajstić information content (AvgIpc) is 2.98. The van der Waals surface area contributed by atoms with Gasteiger partial charge in [-0.1, -0.05) is 43.7 Å². The number of hydrogen-bond donors (Lipinski definition) is 1. The van der Waals surface area contributed by atoms with Crippen LogP contribution in [0.5, 0.6) is 0 Å². The summed E-state index contributed by atoms with van der Waals surface area (Å²) in [6, 6.07) is 12.5. The summed E-state index contributed by atoms with van der Waals surface area (Å²) in [4.78, 5) is 2.61. The Balaban J connectivity index is 1.39. The van der Waals surface area contributed by atoms with Crippen molar-refractivity contribution in [3.63, 3.8) is 0 Å². The Morgan fingerprint density at radius 2 is 1.76 bits per heavy atom. The predicted octanol–water partition coefficient (Wildman–Crippen LogP) is 3.82. The highest BCUT2D eigenvalue weighted by Crippen LogP contribution is 2.29. The topological polar surface area (TPSA) is 15.3 Å². The van der Waals surface area contributed by atoms with E-state index < -0.39 is 0 Å². The van der Waals surface area contributed by atoms with E-state index in [0.717, 1.165) is 24.5 Å². The predicted molar refractivity (Wildman–Crippen MR) is 89.3 cm³/mol. The fourth-order valence-corrected chi connectivity index (χ4v) is 4.03. The second kappa shape index (κ2) is 7.42. The second-order valence-electron chi connectivity index (χ2n) is 6.99. The molecule has 1 saturated carbocycles. The molecule has 2 nitrogen and oxygen atoms in total. The molecule has 0 spiro atoms. The maximum Gasteiger partial charge on any atom is 0.0233 e. The zero-order chi connectivity index (χ0) is 14.5. The van der Waals surface area contributed by atoms with Crippen LogP contribution in [0.25, 0.3) is 0 Å². The molecule has 1 aliphatic heterocycles. The fraction of sp³-hybridized carbons (Fsp3) is 0.684. The standard InChI is InChI=1S/C19H30N2/c1-2-16-8-9-19(14-16)20-18-10-12-21(13-11-18)15-17-6-4-3-5-7-17/h3-7,16,18-20H,2,8-15H2,1H3. The number of nitrogens with zero attached hydrogens (tertiary/aromatic N) is 1. The molecule has 1 saturated heterocycles. The summed E-state index contributed by atoms with van der Waals surface area (Å²) in [5.41, 5.74) is 1.45. The molecule has 1 aliphatic carbocycles. The van der Waals surface area contributed by atoms with E-state index in [0.29, 0.717) is 0 Å². The Bertz CT molecular complexity index is 409. The number of rotatable bonds is 5. The fourth-order valence-electron chi connectivity index (χ4n) is 4.03. The van der Waals surface area contributed by atoms with Crippen LogP contribution in [0.4, 0.5) is 0 Å². The van der Waals surface area contributed by atoms with E-state index >= 15 is 0 Å². The largest absolute Gasteiger partial charge is 0.311 e. The smallest absolute Gasteiger partial charge is 0.0233 e. The summed E-state index contributed by atoms with van der Waals surface area (Å²) in [5.74, 6) is 0.987. The third kappa shape index (κ3) is 4.31. The van der Waals surface area contributed by atoms with Crippen molar-refractivity contribution in [3.05, 3.63) is 35.9 Å². The van der Waals surface area contributed by atoms with Crippen molar-refractivity contribution in [2.24, 2.45) is 5.92 Å².